The Morgan fingerprint density at radius 1 is 1.00 bits per heavy atom. The first-order valence-electron chi connectivity index (χ1n) is 11.0. The molecule has 0 radical (unpaired) electrons. The van der Waals surface area contributed by atoms with Gasteiger partial charge < -0.3 is 14.5 Å². The molecule has 29 heavy (non-hydrogen) atoms. The van der Waals surface area contributed by atoms with Crippen LogP contribution >= 0.6 is 0 Å². The summed E-state index contributed by atoms with van der Waals surface area (Å²) in [5, 5.41) is 0. The Kier molecular flexibility index (Phi) is 6.09. The van der Waals surface area contributed by atoms with Gasteiger partial charge in [-0.25, -0.2) is 0 Å². The Morgan fingerprint density at radius 3 is 2.48 bits per heavy atom. The molecule has 0 N–H and O–H groups in total. The zero-order valence-electron chi connectivity index (χ0n) is 17.6. The summed E-state index contributed by atoms with van der Waals surface area (Å²) < 4.78 is 5.25. The van der Waals surface area contributed by atoms with E-state index in [0.29, 0.717) is 6.42 Å². The topological polar surface area (TPSA) is 53.1 Å². The molecule has 1 atom stereocenters. The van der Waals surface area contributed by atoms with Crippen molar-refractivity contribution in [1.82, 2.24) is 14.7 Å². The number of methoxy groups -OCH3 is 1. The summed E-state index contributed by atoms with van der Waals surface area (Å²) in [6.07, 6.45) is 6.70. The molecular formula is C23H33N3O3. The van der Waals surface area contributed by atoms with Gasteiger partial charge in [0.25, 0.3) is 0 Å². The highest BCUT2D eigenvalue weighted by Crippen LogP contribution is 2.39. The first kappa shape index (κ1) is 20.2. The van der Waals surface area contributed by atoms with E-state index in [2.05, 4.69) is 17.0 Å². The molecule has 3 aliphatic rings. The number of nitrogens with zero attached hydrogens (tertiary/aromatic N) is 3. The molecule has 3 aliphatic heterocycles. The first-order valence-corrected chi connectivity index (χ1v) is 11.0. The number of amides is 2. The molecule has 2 amide bonds. The van der Waals surface area contributed by atoms with Gasteiger partial charge in [0, 0.05) is 38.1 Å². The zero-order chi connectivity index (χ0) is 20.3. The molecule has 0 aliphatic carbocycles. The monoisotopic (exact) mass is 399 g/mol. The normalized spacial score (nSPS) is 25.6. The predicted molar refractivity (Wildman–Crippen MR) is 112 cm³/mol. The van der Waals surface area contributed by atoms with E-state index in [1.807, 2.05) is 21.9 Å². The minimum Gasteiger partial charge on any atom is -0.497 e. The summed E-state index contributed by atoms with van der Waals surface area (Å²) in [5.41, 5.74) is 1.16. The second kappa shape index (κ2) is 8.74. The number of likely N-dealkylation sites (tertiary alicyclic amines) is 3. The fourth-order valence-electron chi connectivity index (χ4n) is 5.23. The number of ether oxygens (including phenoxy) is 1. The largest absolute Gasteiger partial charge is 0.497 e. The highest BCUT2D eigenvalue weighted by atomic mass is 16.5. The van der Waals surface area contributed by atoms with Crippen LogP contribution in [0.15, 0.2) is 24.3 Å². The van der Waals surface area contributed by atoms with Gasteiger partial charge in [0.15, 0.2) is 0 Å². The van der Waals surface area contributed by atoms with Crippen molar-refractivity contribution < 1.29 is 14.3 Å². The Morgan fingerprint density at radius 2 is 1.76 bits per heavy atom. The summed E-state index contributed by atoms with van der Waals surface area (Å²) >= 11 is 0. The van der Waals surface area contributed by atoms with Crippen LogP contribution in [-0.4, -0.2) is 71.9 Å². The summed E-state index contributed by atoms with van der Waals surface area (Å²) in [4.78, 5) is 31.8. The molecule has 4 rings (SSSR count). The highest BCUT2D eigenvalue weighted by Gasteiger charge is 2.46. The van der Waals surface area contributed by atoms with Crippen LogP contribution in [0.3, 0.4) is 0 Å². The van der Waals surface area contributed by atoms with E-state index in [4.69, 9.17) is 4.74 Å². The summed E-state index contributed by atoms with van der Waals surface area (Å²) in [6, 6.07) is 8.27. The molecule has 1 aromatic carbocycles. The fraction of sp³-hybridized carbons (Fsp3) is 0.652. The van der Waals surface area contributed by atoms with E-state index in [-0.39, 0.29) is 23.9 Å². The van der Waals surface area contributed by atoms with Gasteiger partial charge in [0.05, 0.1) is 7.11 Å². The van der Waals surface area contributed by atoms with Gasteiger partial charge in [0.2, 0.25) is 11.8 Å². The molecule has 158 valence electrons. The van der Waals surface area contributed by atoms with Gasteiger partial charge in [-0.1, -0.05) is 12.1 Å². The second-order valence-corrected chi connectivity index (χ2v) is 8.77. The molecule has 0 bridgehead atoms. The quantitative estimate of drug-likeness (QED) is 0.764. The third kappa shape index (κ3) is 4.42. The second-order valence-electron chi connectivity index (χ2n) is 8.77. The standard InChI is InChI=1S/C23H33N3O3/c1-29-20-7-5-19(6-8-20)17-24-13-4-10-23(12-16-24)11-9-21(27)26(23)18-22(28)25-14-2-3-15-25/h5-8H,2-4,9-18H2,1H3. The Balaban J connectivity index is 1.39. The van der Waals surface area contributed by atoms with E-state index in [1.54, 1.807) is 7.11 Å². The molecule has 1 unspecified atom stereocenters. The predicted octanol–water partition coefficient (Wildman–Crippen LogP) is 2.66. The first-order chi connectivity index (χ1) is 14.1. The summed E-state index contributed by atoms with van der Waals surface area (Å²) in [7, 11) is 1.69. The molecule has 3 heterocycles. The van der Waals surface area contributed by atoms with Crippen molar-refractivity contribution in [2.45, 2.75) is 57.0 Å². The van der Waals surface area contributed by atoms with Gasteiger partial charge in [-0.15, -0.1) is 0 Å². The van der Waals surface area contributed by atoms with E-state index in [1.165, 1.54) is 5.56 Å². The van der Waals surface area contributed by atoms with Crippen LogP contribution < -0.4 is 4.74 Å². The SMILES string of the molecule is COc1ccc(CN2CCCC3(CCC(=O)N3CC(=O)N3CCCC3)CC2)cc1. The third-order valence-electron chi connectivity index (χ3n) is 7.01. The molecule has 3 saturated heterocycles. The van der Waals surface area contributed by atoms with Crippen molar-refractivity contribution in [3.05, 3.63) is 29.8 Å². The number of hydrogen-bond acceptors (Lipinski definition) is 4. The maximum atomic E-state index is 12.7. The van der Waals surface area contributed by atoms with E-state index < -0.39 is 0 Å². The number of carbonyl (C=O) groups is 2. The van der Waals surface area contributed by atoms with Crippen LogP contribution in [0.4, 0.5) is 0 Å². The average molecular weight is 400 g/mol. The van der Waals surface area contributed by atoms with Crippen molar-refractivity contribution in [3.63, 3.8) is 0 Å². The Labute approximate surface area is 173 Å². The fourth-order valence-corrected chi connectivity index (χ4v) is 5.23. The Bertz CT molecular complexity index is 729. The van der Waals surface area contributed by atoms with Crippen LogP contribution in [0, 0.1) is 0 Å². The molecular weight excluding hydrogens is 366 g/mol. The average Bonchev–Trinajstić information content (AvgIpc) is 3.32. The smallest absolute Gasteiger partial charge is 0.242 e. The molecule has 1 spiro atoms. The van der Waals surface area contributed by atoms with Crippen LogP contribution in [0.1, 0.15) is 50.5 Å². The van der Waals surface area contributed by atoms with E-state index in [0.717, 1.165) is 77.0 Å². The maximum Gasteiger partial charge on any atom is 0.242 e. The van der Waals surface area contributed by atoms with Crippen molar-refractivity contribution >= 4 is 11.8 Å². The van der Waals surface area contributed by atoms with Crippen LogP contribution in [0.2, 0.25) is 0 Å². The number of rotatable bonds is 5. The van der Waals surface area contributed by atoms with Gasteiger partial charge in [-0.2, -0.15) is 0 Å². The molecule has 6 heteroatoms. The highest BCUT2D eigenvalue weighted by molar-refractivity contribution is 5.87. The van der Waals surface area contributed by atoms with Crippen molar-refractivity contribution in [3.8, 4) is 5.75 Å². The lowest BCUT2D eigenvalue weighted by Gasteiger charge is -2.38. The summed E-state index contributed by atoms with van der Waals surface area (Å²) in [5.74, 6) is 1.18. The zero-order valence-corrected chi connectivity index (χ0v) is 17.6. The maximum absolute atomic E-state index is 12.7. The third-order valence-corrected chi connectivity index (χ3v) is 7.01. The molecule has 1 aromatic rings. The van der Waals surface area contributed by atoms with Crippen molar-refractivity contribution in [2.75, 3.05) is 39.8 Å². The van der Waals surface area contributed by atoms with Crippen molar-refractivity contribution in [1.29, 1.82) is 0 Å². The van der Waals surface area contributed by atoms with E-state index >= 15 is 0 Å². The number of hydrogen-bond donors (Lipinski definition) is 0. The Hall–Kier alpha value is -2.08. The molecule has 6 nitrogen and oxygen atoms in total. The number of benzene rings is 1. The van der Waals surface area contributed by atoms with Crippen molar-refractivity contribution in [2.24, 2.45) is 0 Å². The van der Waals surface area contributed by atoms with Gasteiger partial charge in [0.1, 0.15) is 12.3 Å². The molecule has 0 saturated carbocycles. The van der Waals surface area contributed by atoms with E-state index in [9.17, 15) is 9.59 Å². The minimum absolute atomic E-state index is 0.124. The van der Waals surface area contributed by atoms with Crippen LogP contribution in [0.5, 0.6) is 5.75 Å². The van der Waals surface area contributed by atoms with Gasteiger partial charge >= 0.3 is 0 Å². The summed E-state index contributed by atoms with van der Waals surface area (Å²) in [6.45, 7) is 4.90. The van der Waals surface area contributed by atoms with Crippen LogP contribution in [0.25, 0.3) is 0 Å². The van der Waals surface area contributed by atoms with Gasteiger partial charge in [-0.3, -0.25) is 14.5 Å². The lowest BCUT2D eigenvalue weighted by atomic mass is 9.87. The molecule has 0 aromatic heterocycles. The molecule has 3 fully saturated rings. The number of carbonyl (C=O) groups excluding carboxylic acids is 2. The lowest BCUT2D eigenvalue weighted by Crippen LogP contribution is -2.51. The van der Waals surface area contributed by atoms with Gasteiger partial charge in [-0.05, 0) is 62.8 Å². The lowest BCUT2D eigenvalue weighted by molar-refractivity contribution is -0.141. The van der Waals surface area contributed by atoms with Crippen LogP contribution in [-0.2, 0) is 16.1 Å². The minimum atomic E-state index is -0.124.